The average Bonchev–Trinajstić information content (AvgIpc) is 2.24. The zero-order chi connectivity index (χ0) is 14.1. The SMILES string of the molecule is CCC(C)c1ccc(C(C)(C)C)[c]c1C(C)(C)C. The lowest BCUT2D eigenvalue weighted by Gasteiger charge is -2.29. The fourth-order valence-electron chi connectivity index (χ4n) is 2.19. The molecule has 0 aliphatic heterocycles. The molecule has 0 heterocycles. The van der Waals surface area contributed by atoms with Crippen LogP contribution < -0.4 is 0 Å². The van der Waals surface area contributed by atoms with Gasteiger partial charge in [0.05, 0.1) is 0 Å². The second-order valence-electron chi connectivity index (χ2n) is 7.51. The van der Waals surface area contributed by atoms with E-state index in [1.54, 1.807) is 0 Å². The van der Waals surface area contributed by atoms with Gasteiger partial charge < -0.3 is 0 Å². The van der Waals surface area contributed by atoms with E-state index in [0.29, 0.717) is 5.92 Å². The molecule has 0 amide bonds. The quantitative estimate of drug-likeness (QED) is 0.636. The van der Waals surface area contributed by atoms with Gasteiger partial charge >= 0.3 is 0 Å². The summed E-state index contributed by atoms with van der Waals surface area (Å²) in [5.74, 6) is 0.615. The minimum absolute atomic E-state index is 0.167. The van der Waals surface area contributed by atoms with Gasteiger partial charge in [-0.1, -0.05) is 67.5 Å². The van der Waals surface area contributed by atoms with Crippen LogP contribution >= 0.6 is 0 Å². The number of hydrogen-bond donors (Lipinski definition) is 0. The van der Waals surface area contributed by atoms with E-state index in [4.69, 9.17) is 0 Å². The van der Waals surface area contributed by atoms with Crippen molar-refractivity contribution in [2.45, 2.75) is 78.6 Å². The summed E-state index contributed by atoms with van der Waals surface area (Å²) in [6, 6.07) is 8.29. The fourth-order valence-corrected chi connectivity index (χ4v) is 2.19. The molecule has 0 saturated heterocycles. The molecule has 1 rings (SSSR count). The van der Waals surface area contributed by atoms with Crippen LogP contribution in [0.4, 0.5) is 0 Å². The topological polar surface area (TPSA) is 0 Å². The second-order valence-corrected chi connectivity index (χ2v) is 7.51. The van der Waals surface area contributed by atoms with E-state index in [1.165, 1.54) is 23.1 Å². The van der Waals surface area contributed by atoms with Gasteiger partial charge in [-0.3, -0.25) is 0 Å². The molecule has 0 spiro atoms. The van der Waals surface area contributed by atoms with E-state index in [2.05, 4.69) is 73.6 Å². The lowest BCUT2D eigenvalue weighted by atomic mass is 9.76. The van der Waals surface area contributed by atoms with Crippen molar-refractivity contribution in [1.82, 2.24) is 0 Å². The first-order valence-electron chi connectivity index (χ1n) is 7.14. The first-order chi connectivity index (χ1) is 8.07. The van der Waals surface area contributed by atoms with Crippen molar-refractivity contribution in [1.29, 1.82) is 0 Å². The van der Waals surface area contributed by atoms with Crippen molar-refractivity contribution in [3.63, 3.8) is 0 Å². The normalized spacial score (nSPS) is 14.7. The number of benzene rings is 1. The summed E-state index contributed by atoms with van der Waals surface area (Å²) in [5, 5.41) is 0. The Hall–Kier alpha value is -0.780. The molecule has 1 aromatic rings. The maximum absolute atomic E-state index is 3.71. The van der Waals surface area contributed by atoms with Crippen molar-refractivity contribution in [2.24, 2.45) is 0 Å². The lowest BCUT2D eigenvalue weighted by Crippen LogP contribution is -2.19. The number of rotatable bonds is 2. The predicted molar refractivity (Wildman–Crippen MR) is 81.4 cm³/mol. The van der Waals surface area contributed by atoms with Gasteiger partial charge in [0.15, 0.2) is 0 Å². The first-order valence-corrected chi connectivity index (χ1v) is 7.14. The molecule has 0 heteroatoms. The Bertz CT molecular complexity index is 399. The van der Waals surface area contributed by atoms with Crippen molar-refractivity contribution in [3.05, 3.63) is 34.9 Å². The molecular formula is C18H29. The Balaban J connectivity index is 3.40. The smallest absolute Gasteiger partial charge is 0.0100 e. The highest BCUT2D eigenvalue weighted by molar-refractivity contribution is 5.39. The highest BCUT2D eigenvalue weighted by atomic mass is 14.3. The molecular weight excluding hydrogens is 216 g/mol. The van der Waals surface area contributed by atoms with Crippen molar-refractivity contribution in [3.8, 4) is 0 Å². The molecule has 18 heavy (non-hydrogen) atoms. The van der Waals surface area contributed by atoms with Crippen LogP contribution in [0.2, 0.25) is 0 Å². The highest BCUT2D eigenvalue weighted by Gasteiger charge is 2.24. The van der Waals surface area contributed by atoms with Crippen LogP contribution in [-0.4, -0.2) is 0 Å². The third-order valence-corrected chi connectivity index (χ3v) is 3.68. The standard InChI is InChI=1S/C18H29/c1-9-13(2)15-11-10-14(17(3,4)5)12-16(15)18(6,7)8/h10-11,13H,9H2,1-8H3. The molecule has 0 N–H and O–H groups in total. The molecule has 1 unspecified atom stereocenters. The molecule has 0 saturated carbocycles. The second kappa shape index (κ2) is 5.07. The van der Waals surface area contributed by atoms with Gasteiger partial charge in [-0.2, -0.15) is 0 Å². The Morgan fingerprint density at radius 1 is 1.00 bits per heavy atom. The number of hydrogen-bond acceptors (Lipinski definition) is 0. The summed E-state index contributed by atoms with van der Waals surface area (Å²) < 4.78 is 0. The van der Waals surface area contributed by atoms with Crippen molar-refractivity contribution >= 4 is 0 Å². The average molecular weight is 245 g/mol. The largest absolute Gasteiger partial charge is 0.0648 e. The van der Waals surface area contributed by atoms with Gasteiger partial charge in [-0.15, -0.1) is 0 Å². The fraction of sp³-hybridized carbons (Fsp3) is 0.667. The zero-order valence-corrected chi connectivity index (χ0v) is 13.4. The summed E-state index contributed by atoms with van der Waals surface area (Å²) in [6.07, 6.45) is 1.19. The maximum atomic E-state index is 3.71. The monoisotopic (exact) mass is 245 g/mol. The van der Waals surface area contributed by atoms with E-state index in [-0.39, 0.29) is 10.8 Å². The Kier molecular flexibility index (Phi) is 4.30. The van der Waals surface area contributed by atoms with Crippen molar-refractivity contribution in [2.75, 3.05) is 0 Å². The molecule has 1 radical (unpaired) electrons. The molecule has 1 atom stereocenters. The molecule has 1 aromatic carbocycles. The van der Waals surface area contributed by atoms with Crippen LogP contribution in [0.25, 0.3) is 0 Å². The van der Waals surface area contributed by atoms with E-state index in [9.17, 15) is 0 Å². The van der Waals surface area contributed by atoms with E-state index in [0.717, 1.165) is 0 Å². The predicted octanol–water partition coefficient (Wildman–Crippen LogP) is 5.60. The Morgan fingerprint density at radius 2 is 1.56 bits per heavy atom. The molecule has 0 aliphatic rings. The maximum Gasteiger partial charge on any atom is -0.0100 e. The van der Waals surface area contributed by atoms with Gasteiger partial charge in [0, 0.05) is 0 Å². The minimum Gasteiger partial charge on any atom is -0.0648 e. The van der Waals surface area contributed by atoms with Crippen LogP contribution in [-0.2, 0) is 10.8 Å². The molecule has 0 fully saturated rings. The van der Waals surface area contributed by atoms with Gasteiger partial charge in [0.25, 0.3) is 0 Å². The third-order valence-electron chi connectivity index (χ3n) is 3.68. The molecule has 101 valence electrons. The zero-order valence-electron chi connectivity index (χ0n) is 13.4. The van der Waals surface area contributed by atoms with Crippen molar-refractivity contribution < 1.29 is 0 Å². The molecule has 0 nitrogen and oxygen atoms in total. The van der Waals surface area contributed by atoms with Crippen LogP contribution in [0.1, 0.15) is 84.4 Å². The summed E-state index contributed by atoms with van der Waals surface area (Å²) in [6.45, 7) is 18.2. The molecule has 0 bridgehead atoms. The van der Waals surface area contributed by atoms with Crippen LogP contribution in [0.5, 0.6) is 0 Å². The minimum atomic E-state index is 0.167. The summed E-state index contributed by atoms with van der Waals surface area (Å²) in [4.78, 5) is 0. The lowest BCUT2D eigenvalue weighted by molar-refractivity contribution is 0.553. The summed E-state index contributed by atoms with van der Waals surface area (Å²) >= 11 is 0. The highest BCUT2D eigenvalue weighted by Crippen LogP contribution is 2.34. The van der Waals surface area contributed by atoms with E-state index < -0.39 is 0 Å². The van der Waals surface area contributed by atoms with Crippen LogP contribution in [0, 0.1) is 6.07 Å². The Labute approximate surface area is 114 Å². The van der Waals surface area contributed by atoms with Gasteiger partial charge in [-0.05, 0) is 45.9 Å². The third kappa shape index (κ3) is 3.37. The van der Waals surface area contributed by atoms with Gasteiger partial charge in [-0.25, -0.2) is 0 Å². The molecule has 0 aliphatic carbocycles. The molecule has 0 aromatic heterocycles. The first kappa shape index (κ1) is 15.3. The van der Waals surface area contributed by atoms with Crippen LogP contribution in [0.15, 0.2) is 12.1 Å². The van der Waals surface area contributed by atoms with Gasteiger partial charge in [0.1, 0.15) is 0 Å². The van der Waals surface area contributed by atoms with E-state index >= 15 is 0 Å². The summed E-state index contributed by atoms with van der Waals surface area (Å²) in [5.41, 5.74) is 4.52. The summed E-state index contributed by atoms with van der Waals surface area (Å²) in [7, 11) is 0. The Morgan fingerprint density at radius 3 is 1.94 bits per heavy atom. The van der Waals surface area contributed by atoms with E-state index in [1.807, 2.05) is 0 Å². The van der Waals surface area contributed by atoms with Crippen LogP contribution in [0.3, 0.4) is 0 Å². The van der Waals surface area contributed by atoms with Gasteiger partial charge in [0.2, 0.25) is 0 Å².